The number of aromatic nitrogens is 2. The molecule has 2 aromatic heterocycles. The molecule has 168 valence electrons. The van der Waals surface area contributed by atoms with E-state index in [0.29, 0.717) is 31.7 Å². The summed E-state index contributed by atoms with van der Waals surface area (Å²) in [5.74, 6) is 0.00709. The van der Waals surface area contributed by atoms with E-state index in [0.717, 1.165) is 22.6 Å². The summed E-state index contributed by atoms with van der Waals surface area (Å²) in [5, 5.41) is 5.75. The molecule has 2 N–H and O–H groups in total. The predicted molar refractivity (Wildman–Crippen MR) is 121 cm³/mol. The van der Waals surface area contributed by atoms with Crippen LogP contribution < -0.4 is 10.6 Å². The van der Waals surface area contributed by atoms with Crippen LogP contribution in [0.4, 0.5) is 4.79 Å². The fraction of sp³-hybridized carbons (Fsp3) is 0.375. The normalized spacial score (nSPS) is 18.5. The summed E-state index contributed by atoms with van der Waals surface area (Å²) >= 11 is 0. The maximum absolute atomic E-state index is 12.8. The number of morpholine rings is 1. The summed E-state index contributed by atoms with van der Waals surface area (Å²) in [6.07, 6.45) is 2.01. The van der Waals surface area contributed by atoms with Gasteiger partial charge < -0.3 is 24.7 Å². The third-order valence-corrected chi connectivity index (χ3v) is 5.61. The molecule has 2 unspecified atom stereocenters. The Morgan fingerprint density at radius 3 is 2.44 bits per heavy atom. The SMILES string of the molecule is Cc1nc2ccccn2c1CNC(=O)NCc1ccc(C(=O)N2CC(C)OC(C)C2)cc1. The fourth-order valence-electron chi connectivity index (χ4n) is 4.08. The maximum atomic E-state index is 12.8. The smallest absolute Gasteiger partial charge is 0.315 e. The van der Waals surface area contributed by atoms with Crippen LogP contribution >= 0.6 is 0 Å². The number of ether oxygens (including phenoxy) is 1. The number of carbonyl (C=O) groups is 2. The van der Waals surface area contributed by atoms with Crippen LogP contribution in [-0.2, 0) is 17.8 Å². The summed E-state index contributed by atoms with van der Waals surface area (Å²) in [7, 11) is 0. The van der Waals surface area contributed by atoms with Crippen molar-refractivity contribution < 1.29 is 14.3 Å². The first-order chi connectivity index (χ1) is 15.4. The lowest BCUT2D eigenvalue weighted by Gasteiger charge is -2.35. The van der Waals surface area contributed by atoms with Crippen molar-refractivity contribution in [2.24, 2.45) is 0 Å². The molecule has 8 heteroatoms. The minimum absolute atomic E-state index is 0.00709. The highest BCUT2D eigenvalue weighted by molar-refractivity contribution is 5.94. The molecule has 0 bridgehead atoms. The van der Waals surface area contributed by atoms with E-state index < -0.39 is 0 Å². The summed E-state index contributed by atoms with van der Waals surface area (Å²) < 4.78 is 7.68. The Hall–Kier alpha value is -3.39. The number of nitrogens with one attached hydrogen (secondary N) is 2. The van der Waals surface area contributed by atoms with Crippen molar-refractivity contribution in [3.8, 4) is 0 Å². The Kier molecular flexibility index (Phi) is 6.41. The van der Waals surface area contributed by atoms with E-state index in [4.69, 9.17) is 4.74 Å². The summed E-state index contributed by atoms with van der Waals surface area (Å²) in [6, 6.07) is 12.9. The highest BCUT2D eigenvalue weighted by Crippen LogP contribution is 2.15. The van der Waals surface area contributed by atoms with E-state index in [1.165, 1.54) is 0 Å². The van der Waals surface area contributed by atoms with Crippen LogP contribution in [0.15, 0.2) is 48.7 Å². The second kappa shape index (κ2) is 9.40. The van der Waals surface area contributed by atoms with Crippen LogP contribution in [0.25, 0.3) is 5.65 Å². The second-order valence-corrected chi connectivity index (χ2v) is 8.27. The Bertz CT molecular complexity index is 1100. The zero-order valence-corrected chi connectivity index (χ0v) is 18.7. The number of urea groups is 1. The van der Waals surface area contributed by atoms with Gasteiger partial charge >= 0.3 is 6.03 Å². The lowest BCUT2D eigenvalue weighted by Crippen LogP contribution is -2.48. The number of amides is 3. The van der Waals surface area contributed by atoms with Crippen molar-refractivity contribution in [3.63, 3.8) is 0 Å². The standard InChI is InChI=1S/C24H29N5O3/c1-16-14-28(15-17(2)32-16)23(30)20-9-7-19(8-10-20)12-25-24(31)26-13-21-18(3)27-22-6-4-5-11-29(21)22/h4-11,16-17H,12-15H2,1-3H3,(H2,25,26,31). The molecule has 4 rings (SSSR count). The van der Waals surface area contributed by atoms with Gasteiger partial charge in [-0.25, -0.2) is 9.78 Å². The van der Waals surface area contributed by atoms with Crippen molar-refractivity contribution in [1.82, 2.24) is 24.9 Å². The zero-order valence-electron chi connectivity index (χ0n) is 18.7. The molecule has 0 spiro atoms. The number of aryl methyl sites for hydroxylation is 1. The number of fused-ring (bicyclic) bond motifs is 1. The number of benzene rings is 1. The molecule has 1 aromatic carbocycles. The lowest BCUT2D eigenvalue weighted by molar-refractivity contribution is -0.0586. The average molecular weight is 436 g/mol. The highest BCUT2D eigenvalue weighted by Gasteiger charge is 2.26. The van der Waals surface area contributed by atoms with Crippen molar-refractivity contribution >= 4 is 17.6 Å². The molecule has 0 aliphatic carbocycles. The quantitative estimate of drug-likeness (QED) is 0.645. The van der Waals surface area contributed by atoms with Crippen LogP contribution in [0.1, 0.15) is 41.2 Å². The van der Waals surface area contributed by atoms with Gasteiger partial charge in [0.2, 0.25) is 0 Å². The van der Waals surface area contributed by atoms with Crippen LogP contribution in [0.5, 0.6) is 0 Å². The van der Waals surface area contributed by atoms with E-state index in [2.05, 4.69) is 15.6 Å². The molecule has 1 aliphatic rings. The van der Waals surface area contributed by atoms with Crippen LogP contribution in [0.3, 0.4) is 0 Å². The minimum atomic E-state index is -0.258. The minimum Gasteiger partial charge on any atom is -0.372 e. The van der Waals surface area contributed by atoms with E-state index in [-0.39, 0.29) is 24.1 Å². The molecule has 0 radical (unpaired) electrons. The van der Waals surface area contributed by atoms with Gasteiger partial charge in [-0.15, -0.1) is 0 Å². The molecule has 3 amide bonds. The van der Waals surface area contributed by atoms with Crippen molar-refractivity contribution in [2.45, 2.75) is 46.1 Å². The largest absolute Gasteiger partial charge is 0.372 e. The zero-order chi connectivity index (χ0) is 22.7. The van der Waals surface area contributed by atoms with Crippen LogP contribution in [0, 0.1) is 6.92 Å². The van der Waals surface area contributed by atoms with E-state index in [1.807, 2.05) is 78.7 Å². The van der Waals surface area contributed by atoms with Gasteiger partial charge in [-0.05, 0) is 50.6 Å². The molecule has 32 heavy (non-hydrogen) atoms. The molecule has 0 saturated carbocycles. The van der Waals surface area contributed by atoms with Gasteiger partial charge in [-0.2, -0.15) is 0 Å². The number of hydrogen-bond donors (Lipinski definition) is 2. The molecule has 1 saturated heterocycles. The lowest BCUT2D eigenvalue weighted by atomic mass is 10.1. The Balaban J connectivity index is 1.29. The van der Waals surface area contributed by atoms with Gasteiger partial charge in [0, 0.05) is 31.4 Å². The Morgan fingerprint density at radius 1 is 1.03 bits per heavy atom. The van der Waals surface area contributed by atoms with Gasteiger partial charge in [-0.3, -0.25) is 4.79 Å². The monoisotopic (exact) mass is 435 g/mol. The van der Waals surface area contributed by atoms with Gasteiger partial charge in [-0.1, -0.05) is 18.2 Å². The summed E-state index contributed by atoms with van der Waals surface area (Å²) in [4.78, 5) is 31.4. The van der Waals surface area contributed by atoms with E-state index in [1.54, 1.807) is 0 Å². The topological polar surface area (TPSA) is 88.0 Å². The molecule has 3 aromatic rings. The molecule has 1 aliphatic heterocycles. The van der Waals surface area contributed by atoms with Crippen molar-refractivity contribution in [3.05, 3.63) is 71.2 Å². The molecular weight excluding hydrogens is 406 g/mol. The van der Waals surface area contributed by atoms with Crippen molar-refractivity contribution in [2.75, 3.05) is 13.1 Å². The third kappa shape index (κ3) is 4.91. The first-order valence-electron chi connectivity index (χ1n) is 10.9. The van der Waals surface area contributed by atoms with Gasteiger partial charge in [0.1, 0.15) is 5.65 Å². The maximum Gasteiger partial charge on any atom is 0.315 e. The molecule has 2 atom stereocenters. The third-order valence-electron chi connectivity index (χ3n) is 5.61. The second-order valence-electron chi connectivity index (χ2n) is 8.27. The number of pyridine rings is 1. The number of nitrogens with zero attached hydrogens (tertiary/aromatic N) is 3. The Labute approximate surface area is 187 Å². The van der Waals surface area contributed by atoms with Gasteiger partial charge in [0.05, 0.1) is 30.1 Å². The predicted octanol–water partition coefficient (Wildman–Crippen LogP) is 2.89. The van der Waals surface area contributed by atoms with E-state index in [9.17, 15) is 9.59 Å². The van der Waals surface area contributed by atoms with Crippen LogP contribution in [-0.4, -0.2) is 51.5 Å². The first kappa shape index (κ1) is 21.8. The molecular formula is C24H29N5O3. The molecule has 1 fully saturated rings. The van der Waals surface area contributed by atoms with Gasteiger partial charge in [0.25, 0.3) is 5.91 Å². The fourth-order valence-corrected chi connectivity index (χ4v) is 4.08. The Morgan fingerprint density at radius 2 is 1.72 bits per heavy atom. The molecule has 8 nitrogen and oxygen atoms in total. The average Bonchev–Trinajstić information content (AvgIpc) is 3.10. The van der Waals surface area contributed by atoms with E-state index >= 15 is 0 Å². The number of hydrogen-bond acceptors (Lipinski definition) is 4. The summed E-state index contributed by atoms with van der Waals surface area (Å²) in [5.41, 5.74) is 4.26. The van der Waals surface area contributed by atoms with Crippen molar-refractivity contribution in [1.29, 1.82) is 0 Å². The summed E-state index contributed by atoms with van der Waals surface area (Å²) in [6.45, 7) is 7.84. The number of rotatable bonds is 5. The first-order valence-corrected chi connectivity index (χ1v) is 10.9. The molecule has 3 heterocycles. The highest BCUT2D eigenvalue weighted by atomic mass is 16.5. The van der Waals surface area contributed by atoms with Crippen LogP contribution in [0.2, 0.25) is 0 Å². The number of carbonyl (C=O) groups excluding carboxylic acids is 2. The van der Waals surface area contributed by atoms with Gasteiger partial charge in [0.15, 0.2) is 0 Å². The number of imidazole rings is 1.